The fraction of sp³-hybridized carbons (Fsp3) is 0.900. The van der Waals surface area contributed by atoms with Gasteiger partial charge in [0.1, 0.15) is 0 Å². The highest BCUT2D eigenvalue weighted by molar-refractivity contribution is 6.20. The SMILES string of the molecule is NC(=O)CCC(Cl)C1CCCCC1. The molecular weight excluding hydrogens is 186 g/mol. The Hall–Kier alpha value is -0.240. The molecule has 1 unspecified atom stereocenters. The Morgan fingerprint density at radius 1 is 1.38 bits per heavy atom. The molecule has 3 heteroatoms. The molecule has 76 valence electrons. The summed E-state index contributed by atoms with van der Waals surface area (Å²) in [6.45, 7) is 0. The minimum atomic E-state index is -0.235. The van der Waals surface area contributed by atoms with E-state index in [1.807, 2.05) is 0 Å². The normalized spacial score (nSPS) is 21.3. The van der Waals surface area contributed by atoms with Crippen LogP contribution in [0.4, 0.5) is 0 Å². The highest BCUT2D eigenvalue weighted by Crippen LogP contribution is 2.31. The van der Waals surface area contributed by atoms with Gasteiger partial charge in [0, 0.05) is 11.8 Å². The van der Waals surface area contributed by atoms with Crippen LogP contribution in [0.15, 0.2) is 0 Å². The van der Waals surface area contributed by atoms with Gasteiger partial charge in [0.2, 0.25) is 5.91 Å². The first kappa shape index (κ1) is 10.8. The van der Waals surface area contributed by atoms with Crippen LogP contribution < -0.4 is 5.73 Å². The van der Waals surface area contributed by atoms with E-state index in [1.165, 1.54) is 32.1 Å². The van der Waals surface area contributed by atoms with Gasteiger partial charge in [0.05, 0.1) is 0 Å². The first-order valence-electron chi connectivity index (χ1n) is 5.12. The molecule has 0 aliphatic heterocycles. The Morgan fingerprint density at radius 3 is 2.54 bits per heavy atom. The number of rotatable bonds is 4. The summed E-state index contributed by atoms with van der Waals surface area (Å²) in [4.78, 5) is 10.6. The van der Waals surface area contributed by atoms with Gasteiger partial charge < -0.3 is 5.73 Å². The van der Waals surface area contributed by atoms with Crippen LogP contribution in [0.1, 0.15) is 44.9 Å². The van der Waals surface area contributed by atoms with Gasteiger partial charge in [0.15, 0.2) is 0 Å². The van der Waals surface area contributed by atoms with Gasteiger partial charge in [0.25, 0.3) is 0 Å². The number of carbonyl (C=O) groups is 1. The third kappa shape index (κ3) is 3.99. The molecule has 2 nitrogen and oxygen atoms in total. The minimum absolute atomic E-state index is 0.160. The molecule has 0 spiro atoms. The van der Waals surface area contributed by atoms with E-state index < -0.39 is 0 Å². The summed E-state index contributed by atoms with van der Waals surface area (Å²) in [6.07, 6.45) is 7.58. The molecule has 1 amide bonds. The Balaban J connectivity index is 2.20. The molecule has 1 rings (SSSR count). The number of halogens is 1. The molecule has 1 saturated carbocycles. The van der Waals surface area contributed by atoms with Crippen LogP contribution in [0.25, 0.3) is 0 Å². The van der Waals surface area contributed by atoms with Crippen molar-refractivity contribution in [3.63, 3.8) is 0 Å². The van der Waals surface area contributed by atoms with E-state index in [4.69, 9.17) is 17.3 Å². The van der Waals surface area contributed by atoms with Crippen LogP contribution in [0.5, 0.6) is 0 Å². The Bertz CT molecular complexity index is 166. The molecule has 2 N–H and O–H groups in total. The molecule has 1 fully saturated rings. The monoisotopic (exact) mass is 203 g/mol. The molecular formula is C10H18ClNO. The predicted molar refractivity (Wildman–Crippen MR) is 54.6 cm³/mol. The molecule has 0 aromatic carbocycles. The summed E-state index contributed by atoms with van der Waals surface area (Å²) < 4.78 is 0. The second-order valence-electron chi connectivity index (χ2n) is 3.92. The van der Waals surface area contributed by atoms with E-state index in [1.54, 1.807) is 0 Å². The quantitative estimate of drug-likeness (QED) is 0.701. The maximum absolute atomic E-state index is 10.6. The number of hydrogen-bond acceptors (Lipinski definition) is 1. The zero-order valence-corrected chi connectivity index (χ0v) is 8.72. The highest BCUT2D eigenvalue weighted by atomic mass is 35.5. The number of amides is 1. The number of carbonyl (C=O) groups excluding carboxylic acids is 1. The van der Waals surface area contributed by atoms with E-state index in [-0.39, 0.29) is 11.3 Å². The molecule has 0 saturated heterocycles. The third-order valence-corrected chi connectivity index (χ3v) is 3.40. The maximum atomic E-state index is 10.6. The van der Waals surface area contributed by atoms with Crippen molar-refractivity contribution < 1.29 is 4.79 Å². The molecule has 1 aliphatic rings. The van der Waals surface area contributed by atoms with E-state index in [9.17, 15) is 4.79 Å². The first-order valence-corrected chi connectivity index (χ1v) is 5.56. The smallest absolute Gasteiger partial charge is 0.217 e. The average Bonchev–Trinajstić information content (AvgIpc) is 2.15. The Kier molecular flexibility index (Phi) is 4.57. The van der Waals surface area contributed by atoms with E-state index in [0.29, 0.717) is 12.3 Å². The molecule has 0 aromatic rings. The van der Waals surface area contributed by atoms with E-state index in [2.05, 4.69) is 0 Å². The summed E-state index contributed by atoms with van der Waals surface area (Å²) >= 11 is 6.20. The van der Waals surface area contributed by atoms with Crippen molar-refractivity contribution in [2.45, 2.75) is 50.3 Å². The van der Waals surface area contributed by atoms with Crippen LogP contribution in [0, 0.1) is 5.92 Å². The molecule has 13 heavy (non-hydrogen) atoms. The Morgan fingerprint density at radius 2 is 2.00 bits per heavy atom. The average molecular weight is 204 g/mol. The fourth-order valence-electron chi connectivity index (χ4n) is 2.01. The van der Waals surface area contributed by atoms with Crippen molar-refractivity contribution in [2.75, 3.05) is 0 Å². The number of hydrogen-bond donors (Lipinski definition) is 1. The van der Waals surface area contributed by atoms with E-state index in [0.717, 1.165) is 6.42 Å². The lowest BCUT2D eigenvalue weighted by molar-refractivity contribution is -0.118. The van der Waals surface area contributed by atoms with Crippen LogP contribution in [-0.2, 0) is 4.79 Å². The zero-order chi connectivity index (χ0) is 9.68. The molecule has 0 radical (unpaired) electrons. The summed E-state index contributed by atoms with van der Waals surface area (Å²) in [5.74, 6) is 0.385. The molecule has 0 heterocycles. The minimum Gasteiger partial charge on any atom is -0.370 e. The maximum Gasteiger partial charge on any atom is 0.217 e. The standard InChI is InChI=1S/C10H18ClNO/c11-9(6-7-10(12)13)8-4-2-1-3-5-8/h8-9H,1-7H2,(H2,12,13). The lowest BCUT2D eigenvalue weighted by Crippen LogP contribution is -2.20. The van der Waals surface area contributed by atoms with Gasteiger partial charge in [-0.1, -0.05) is 19.3 Å². The van der Waals surface area contributed by atoms with Crippen molar-refractivity contribution in [3.05, 3.63) is 0 Å². The van der Waals surface area contributed by atoms with Crippen LogP contribution in [-0.4, -0.2) is 11.3 Å². The van der Waals surface area contributed by atoms with Crippen LogP contribution in [0.3, 0.4) is 0 Å². The van der Waals surface area contributed by atoms with Crippen molar-refractivity contribution >= 4 is 17.5 Å². The fourth-order valence-corrected chi connectivity index (χ4v) is 2.37. The summed E-state index contributed by atoms with van der Waals surface area (Å²) in [5.41, 5.74) is 5.07. The summed E-state index contributed by atoms with van der Waals surface area (Å²) in [5, 5.41) is 0.160. The molecule has 1 atom stereocenters. The van der Waals surface area contributed by atoms with Crippen molar-refractivity contribution in [1.29, 1.82) is 0 Å². The third-order valence-electron chi connectivity index (χ3n) is 2.83. The lowest BCUT2D eigenvalue weighted by Gasteiger charge is -2.25. The molecule has 0 aromatic heterocycles. The van der Waals surface area contributed by atoms with Crippen LogP contribution in [0.2, 0.25) is 0 Å². The van der Waals surface area contributed by atoms with E-state index >= 15 is 0 Å². The zero-order valence-electron chi connectivity index (χ0n) is 7.97. The lowest BCUT2D eigenvalue weighted by atomic mass is 9.85. The van der Waals surface area contributed by atoms with Gasteiger partial charge in [-0.2, -0.15) is 0 Å². The van der Waals surface area contributed by atoms with Gasteiger partial charge in [-0.3, -0.25) is 4.79 Å². The van der Waals surface area contributed by atoms with Crippen molar-refractivity contribution in [1.82, 2.24) is 0 Å². The highest BCUT2D eigenvalue weighted by Gasteiger charge is 2.21. The number of nitrogens with two attached hydrogens (primary N) is 1. The number of alkyl halides is 1. The first-order chi connectivity index (χ1) is 6.20. The van der Waals surface area contributed by atoms with Crippen molar-refractivity contribution in [3.8, 4) is 0 Å². The molecule has 1 aliphatic carbocycles. The number of primary amides is 1. The van der Waals surface area contributed by atoms with Gasteiger partial charge in [-0.25, -0.2) is 0 Å². The van der Waals surface area contributed by atoms with Crippen LogP contribution >= 0.6 is 11.6 Å². The topological polar surface area (TPSA) is 43.1 Å². The second kappa shape index (κ2) is 5.48. The second-order valence-corrected chi connectivity index (χ2v) is 4.48. The van der Waals surface area contributed by atoms with Crippen molar-refractivity contribution in [2.24, 2.45) is 11.7 Å². The Labute approximate surface area is 84.8 Å². The summed E-state index contributed by atoms with van der Waals surface area (Å²) in [6, 6.07) is 0. The summed E-state index contributed by atoms with van der Waals surface area (Å²) in [7, 11) is 0. The molecule has 0 bridgehead atoms. The van der Waals surface area contributed by atoms with Gasteiger partial charge in [-0.05, 0) is 25.2 Å². The van der Waals surface area contributed by atoms with Gasteiger partial charge >= 0.3 is 0 Å². The van der Waals surface area contributed by atoms with Gasteiger partial charge in [-0.15, -0.1) is 11.6 Å². The predicted octanol–water partition coefficient (Wildman–Crippen LogP) is 2.44. The largest absolute Gasteiger partial charge is 0.370 e.